The van der Waals surface area contributed by atoms with Crippen molar-refractivity contribution in [3.05, 3.63) is 89.2 Å². The summed E-state index contributed by atoms with van der Waals surface area (Å²) in [7, 11) is 0. The highest BCUT2D eigenvalue weighted by Gasteiger charge is 2.10. The summed E-state index contributed by atoms with van der Waals surface area (Å²) in [5, 5.41) is 3.56. The summed E-state index contributed by atoms with van der Waals surface area (Å²) >= 11 is 5.87. The third kappa shape index (κ3) is 8.25. The van der Waals surface area contributed by atoms with Crippen molar-refractivity contribution >= 4 is 28.5 Å². The fraction of sp³-hybridized carbons (Fsp3) is 0.355. The Balaban J connectivity index is 1.18. The number of imidazole rings is 1. The van der Waals surface area contributed by atoms with Gasteiger partial charge in [0.1, 0.15) is 17.3 Å². The van der Waals surface area contributed by atoms with Crippen molar-refractivity contribution in [1.29, 1.82) is 0 Å². The quantitative estimate of drug-likeness (QED) is 0.174. The molecule has 0 unspecified atom stereocenters. The molecule has 6 nitrogen and oxygen atoms in total. The number of hydrogen-bond donors (Lipinski definition) is 1. The molecule has 0 atom stereocenters. The summed E-state index contributed by atoms with van der Waals surface area (Å²) in [6.45, 7) is 4.32. The van der Waals surface area contributed by atoms with Crippen LogP contribution in [0.25, 0.3) is 11.0 Å². The SMILES string of the molecule is CCc1ccc(OCCCn2c(CCCCCNC(=O)COc3ccc(Cl)cc3)nc3ccccc32)cc1. The van der Waals surface area contributed by atoms with Gasteiger partial charge in [-0.2, -0.15) is 0 Å². The summed E-state index contributed by atoms with van der Waals surface area (Å²) in [4.78, 5) is 16.9. The number of benzene rings is 3. The second kappa shape index (κ2) is 14.4. The smallest absolute Gasteiger partial charge is 0.257 e. The first-order valence-electron chi connectivity index (χ1n) is 13.4. The molecule has 0 aliphatic carbocycles. The number of para-hydroxylation sites is 2. The van der Waals surface area contributed by atoms with Gasteiger partial charge in [0.05, 0.1) is 17.6 Å². The van der Waals surface area contributed by atoms with E-state index in [-0.39, 0.29) is 12.5 Å². The van der Waals surface area contributed by atoms with Crippen LogP contribution in [0.5, 0.6) is 11.5 Å². The number of amides is 1. The molecule has 0 fully saturated rings. The summed E-state index contributed by atoms with van der Waals surface area (Å²) < 4.78 is 13.8. The molecule has 3 aromatic carbocycles. The molecule has 1 amide bonds. The number of aryl methyl sites for hydroxylation is 3. The molecular weight excluding hydrogens is 498 g/mol. The number of rotatable bonds is 15. The van der Waals surface area contributed by atoms with Gasteiger partial charge in [-0.3, -0.25) is 4.79 Å². The van der Waals surface area contributed by atoms with Gasteiger partial charge >= 0.3 is 0 Å². The number of ether oxygens (including phenoxy) is 2. The standard InChI is InChI=1S/C31H36ClN3O3/c1-2-24-12-16-26(17-13-24)37-22-8-21-35-29-10-6-5-9-28(29)34-30(35)11-4-3-7-20-33-31(36)23-38-27-18-14-25(32)15-19-27/h5-6,9-10,12-19H,2-4,7-8,11,20-23H2,1H3,(H,33,36). The molecule has 38 heavy (non-hydrogen) atoms. The molecule has 1 aromatic heterocycles. The number of unbranched alkanes of at least 4 members (excludes halogenated alkanes) is 2. The van der Waals surface area contributed by atoms with E-state index in [1.54, 1.807) is 24.3 Å². The minimum absolute atomic E-state index is 0.000575. The van der Waals surface area contributed by atoms with E-state index in [1.165, 1.54) is 11.1 Å². The van der Waals surface area contributed by atoms with Crippen molar-refractivity contribution < 1.29 is 14.3 Å². The third-order valence-electron chi connectivity index (χ3n) is 6.44. The Labute approximate surface area is 229 Å². The first kappa shape index (κ1) is 27.5. The van der Waals surface area contributed by atoms with Crippen LogP contribution in [0.2, 0.25) is 5.02 Å². The van der Waals surface area contributed by atoms with E-state index < -0.39 is 0 Å². The number of fused-ring (bicyclic) bond motifs is 1. The Hall–Kier alpha value is -3.51. The molecule has 0 aliphatic heterocycles. The lowest BCUT2D eigenvalue weighted by molar-refractivity contribution is -0.123. The van der Waals surface area contributed by atoms with Gasteiger partial charge in [-0.1, -0.05) is 49.2 Å². The van der Waals surface area contributed by atoms with Gasteiger partial charge < -0.3 is 19.4 Å². The molecule has 1 N–H and O–H groups in total. The monoisotopic (exact) mass is 533 g/mol. The molecule has 0 radical (unpaired) electrons. The summed E-state index contributed by atoms with van der Waals surface area (Å²) in [6, 6.07) is 23.6. The van der Waals surface area contributed by atoms with Gasteiger partial charge in [0.2, 0.25) is 0 Å². The van der Waals surface area contributed by atoms with Gasteiger partial charge in [-0.05, 0) is 79.8 Å². The molecule has 0 bridgehead atoms. The van der Waals surface area contributed by atoms with Crippen LogP contribution in [0.4, 0.5) is 0 Å². The van der Waals surface area contributed by atoms with Gasteiger partial charge in [-0.15, -0.1) is 0 Å². The van der Waals surface area contributed by atoms with Crippen LogP contribution < -0.4 is 14.8 Å². The van der Waals surface area contributed by atoms with E-state index in [2.05, 4.69) is 47.1 Å². The molecule has 1 heterocycles. The number of nitrogens with zero attached hydrogens (tertiary/aromatic N) is 2. The highest BCUT2D eigenvalue weighted by molar-refractivity contribution is 6.30. The summed E-state index contributed by atoms with van der Waals surface area (Å²) in [5.74, 6) is 2.54. The lowest BCUT2D eigenvalue weighted by Crippen LogP contribution is -2.29. The van der Waals surface area contributed by atoms with Crippen molar-refractivity contribution in [3.8, 4) is 11.5 Å². The second-order valence-electron chi connectivity index (χ2n) is 9.27. The molecule has 0 spiro atoms. The molecule has 4 aromatic rings. The van der Waals surface area contributed by atoms with Crippen molar-refractivity contribution in [2.45, 2.75) is 52.0 Å². The Morgan fingerprint density at radius 2 is 1.63 bits per heavy atom. The van der Waals surface area contributed by atoms with Crippen molar-refractivity contribution in [2.75, 3.05) is 19.8 Å². The van der Waals surface area contributed by atoms with E-state index in [4.69, 9.17) is 26.1 Å². The van der Waals surface area contributed by atoms with E-state index >= 15 is 0 Å². The first-order chi connectivity index (χ1) is 18.6. The molecule has 4 rings (SSSR count). The number of nitrogens with one attached hydrogen (secondary N) is 1. The topological polar surface area (TPSA) is 65.4 Å². The number of hydrogen-bond acceptors (Lipinski definition) is 4. The first-order valence-corrected chi connectivity index (χ1v) is 13.8. The van der Waals surface area contributed by atoms with Gasteiger partial charge in [0, 0.05) is 24.5 Å². The molecule has 200 valence electrons. The highest BCUT2D eigenvalue weighted by atomic mass is 35.5. The van der Waals surface area contributed by atoms with Crippen LogP contribution in [0.3, 0.4) is 0 Å². The van der Waals surface area contributed by atoms with Crippen LogP contribution in [-0.4, -0.2) is 35.2 Å². The molecule has 0 aliphatic rings. The fourth-order valence-corrected chi connectivity index (χ4v) is 4.47. The van der Waals surface area contributed by atoms with Crippen molar-refractivity contribution in [2.24, 2.45) is 0 Å². The zero-order chi connectivity index (χ0) is 26.6. The Morgan fingerprint density at radius 1 is 0.895 bits per heavy atom. The number of halogens is 1. The number of carbonyl (C=O) groups is 1. The lowest BCUT2D eigenvalue weighted by Gasteiger charge is -2.11. The maximum absolute atomic E-state index is 12.0. The lowest BCUT2D eigenvalue weighted by atomic mass is 10.2. The molecular formula is C31H36ClN3O3. The van der Waals surface area contributed by atoms with E-state index in [0.717, 1.165) is 62.2 Å². The van der Waals surface area contributed by atoms with Crippen LogP contribution >= 0.6 is 11.6 Å². The summed E-state index contributed by atoms with van der Waals surface area (Å²) in [6.07, 6.45) is 5.79. The van der Waals surface area contributed by atoms with Gasteiger partial charge in [0.15, 0.2) is 6.61 Å². The minimum atomic E-state index is -0.120. The number of carbonyl (C=O) groups excluding carboxylic acids is 1. The fourth-order valence-electron chi connectivity index (χ4n) is 4.34. The maximum Gasteiger partial charge on any atom is 0.257 e. The predicted octanol–water partition coefficient (Wildman–Crippen LogP) is 6.63. The van der Waals surface area contributed by atoms with Crippen molar-refractivity contribution in [1.82, 2.24) is 14.9 Å². The zero-order valence-corrected chi connectivity index (χ0v) is 22.8. The average molecular weight is 534 g/mol. The summed E-state index contributed by atoms with van der Waals surface area (Å²) in [5.41, 5.74) is 3.52. The largest absolute Gasteiger partial charge is 0.494 e. The molecule has 0 saturated heterocycles. The normalized spacial score (nSPS) is 11.0. The minimum Gasteiger partial charge on any atom is -0.494 e. The van der Waals surface area contributed by atoms with Crippen LogP contribution in [0, 0.1) is 0 Å². The maximum atomic E-state index is 12.0. The third-order valence-corrected chi connectivity index (χ3v) is 6.69. The Kier molecular flexibility index (Phi) is 10.5. The van der Waals surface area contributed by atoms with Crippen LogP contribution in [-0.2, 0) is 24.2 Å². The van der Waals surface area contributed by atoms with E-state index in [1.807, 2.05) is 18.2 Å². The number of aromatic nitrogens is 2. The van der Waals surface area contributed by atoms with Gasteiger partial charge in [0.25, 0.3) is 5.91 Å². The second-order valence-corrected chi connectivity index (χ2v) is 9.71. The van der Waals surface area contributed by atoms with Crippen molar-refractivity contribution in [3.63, 3.8) is 0 Å². The molecule has 0 saturated carbocycles. The average Bonchev–Trinajstić information content (AvgIpc) is 3.30. The highest BCUT2D eigenvalue weighted by Crippen LogP contribution is 2.19. The van der Waals surface area contributed by atoms with Crippen LogP contribution in [0.15, 0.2) is 72.8 Å². The Morgan fingerprint density at radius 3 is 2.42 bits per heavy atom. The zero-order valence-electron chi connectivity index (χ0n) is 22.0. The Bertz CT molecular complexity index is 1290. The van der Waals surface area contributed by atoms with E-state index in [0.29, 0.717) is 23.9 Å². The van der Waals surface area contributed by atoms with Gasteiger partial charge in [-0.25, -0.2) is 4.98 Å². The predicted molar refractivity (Wildman–Crippen MR) is 153 cm³/mol. The van der Waals surface area contributed by atoms with Crippen LogP contribution in [0.1, 0.15) is 44.0 Å². The van der Waals surface area contributed by atoms with E-state index in [9.17, 15) is 4.79 Å². The molecule has 7 heteroatoms.